The van der Waals surface area contributed by atoms with Crippen LogP contribution in [0.4, 0.5) is 0 Å². The van der Waals surface area contributed by atoms with Crippen molar-refractivity contribution in [3.05, 3.63) is 152 Å². The summed E-state index contributed by atoms with van der Waals surface area (Å²) in [6, 6.07) is 53.2. The summed E-state index contributed by atoms with van der Waals surface area (Å²) in [5.74, 6) is 2.02. The van der Waals surface area contributed by atoms with Crippen molar-refractivity contribution in [2.45, 2.75) is 0 Å². The molecule has 9 aromatic rings. The van der Waals surface area contributed by atoms with Crippen LogP contribution in [0.5, 0.6) is 0 Å². The van der Waals surface area contributed by atoms with Gasteiger partial charge in [-0.1, -0.05) is 140 Å². The lowest BCUT2D eigenvalue weighted by atomic mass is 9.96. The first-order valence-electron chi connectivity index (χ1n) is 15.0. The van der Waals surface area contributed by atoms with Crippen molar-refractivity contribution in [2.24, 2.45) is 0 Å². The Hall–Kier alpha value is -5.71. The van der Waals surface area contributed by atoms with E-state index in [9.17, 15) is 0 Å². The summed E-state index contributed by atoms with van der Waals surface area (Å²) >= 11 is 1.83. The molecule has 9 rings (SSSR count). The van der Waals surface area contributed by atoms with Crippen LogP contribution in [0.25, 0.3) is 87.0 Å². The number of fused-ring (bicyclic) bond motifs is 7. The van der Waals surface area contributed by atoms with Crippen LogP contribution in [0, 0.1) is 0 Å². The van der Waals surface area contributed by atoms with E-state index in [1.165, 1.54) is 52.8 Å². The van der Waals surface area contributed by atoms with Gasteiger partial charge in [-0.15, -0.1) is 11.3 Å². The van der Waals surface area contributed by atoms with Crippen molar-refractivity contribution >= 4 is 53.1 Å². The number of thiophene rings is 1. The molecule has 7 aromatic carbocycles. The fourth-order valence-corrected chi connectivity index (χ4v) is 7.70. The first-order chi connectivity index (χ1) is 22.3. The first-order valence-corrected chi connectivity index (χ1v) is 15.9. The summed E-state index contributed by atoms with van der Waals surface area (Å²) in [6.45, 7) is 0. The highest BCUT2D eigenvalue weighted by Gasteiger charge is 2.18. The molecule has 0 aliphatic heterocycles. The van der Waals surface area contributed by atoms with Crippen LogP contribution in [-0.2, 0) is 0 Å². The van der Waals surface area contributed by atoms with Crippen molar-refractivity contribution in [3.63, 3.8) is 0 Å². The second kappa shape index (κ2) is 10.5. The van der Waals surface area contributed by atoms with Gasteiger partial charge in [0.25, 0.3) is 0 Å². The van der Waals surface area contributed by atoms with Crippen LogP contribution in [0.1, 0.15) is 0 Å². The molecular formula is C41H25N3S. The van der Waals surface area contributed by atoms with Gasteiger partial charge in [0, 0.05) is 42.2 Å². The molecule has 45 heavy (non-hydrogen) atoms. The van der Waals surface area contributed by atoms with Crippen molar-refractivity contribution in [1.29, 1.82) is 0 Å². The normalized spacial score (nSPS) is 11.6. The van der Waals surface area contributed by atoms with Crippen molar-refractivity contribution in [2.75, 3.05) is 0 Å². The Labute approximate surface area is 264 Å². The van der Waals surface area contributed by atoms with Gasteiger partial charge in [0.2, 0.25) is 0 Å². The Morgan fingerprint density at radius 2 is 0.911 bits per heavy atom. The third kappa shape index (κ3) is 4.38. The average molecular weight is 592 g/mol. The molecule has 3 nitrogen and oxygen atoms in total. The molecule has 0 saturated heterocycles. The molecule has 0 aliphatic carbocycles. The maximum Gasteiger partial charge on any atom is 0.165 e. The van der Waals surface area contributed by atoms with Crippen LogP contribution in [0.2, 0.25) is 0 Å². The van der Waals surface area contributed by atoms with Gasteiger partial charge in [0.05, 0.1) is 0 Å². The Kier molecular flexibility index (Phi) is 6.00. The minimum Gasteiger partial charge on any atom is -0.208 e. The van der Waals surface area contributed by atoms with E-state index in [-0.39, 0.29) is 0 Å². The molecule has 2 aromatic heterocycles. The second-order valence-electron chi connectivity index (χ2n) is 11.2. The number of rotatable bonds is 4. The number of aromatic nitrogens is 3. The molecule has 0 fully saturated rings. The Balaban J connectivity index is 1.29. The zero-order valence-electron chi connectivity index (χ0n) is 24.2. The summed E-state index contributed by atoms with van der Waals surface area (Å²) < 4.78 is 2.47. The molecule has 0 N–H and O–H groups in total. The molecule has 0 spiro atoms. The molecule has 210 valence electrons. The summed E-state index contributed by atoms with van der Waals surface area (Å²) in [5, 5.41) is 7.52. The molecule has 0 saturated carbocycles. The van der Waals surface area contributed by atoms with E-state index in [1.807, 2.05) is 72.0 Å². The monoisotopic (exact) mass is 591 g/mol. The predicted molar refractivity (Wildman–Crippen MR) is 189 cm³/mol. The quantitative estimate of drug-likeness (QED) is 0.191. The summed E-state index contributed by atoms with van der Waals surface area (Å²) in [4.78, 5) is 15.0. The third-order valence-corrected chi connectivity index (χ3v) is 9.78. The summed E-state index contributed by atoms with van der Waals surface area (Å²) in [5.41, 5.74) is 5.41. The molecule has 0 radical (unpaired) electrons. The van der Waals surface area contributed by atoms with Crippen LogP contribution >= 0.6 is 11.3 Å². The van der Waals surface area contributed by atoms with Crippen LogP contribution in [0.3, 0.4) is 0 Å². The van der Waals surface area contributed by atoms with Crippen molar-refractivity contribution < 1.29 is 0 Å². The number of hydrogen-bond donors (Lipinski definition) is 0. The van der Waals surface area contributed by atoms with Gasteiger partial charge in [0.15, 0.2) is 17.5 Å². The Morgan fingerprint density at radius 1 is 0.356 bits per heavy atom. The zero-order chi connectivity index (χ0) is 29.7. The van der Waals surface area contributed by atoms with E-state index in [4.69, 9.17) is 15.0 Å². The van der Waals surface area contributed by atoms with E-state index in [1.54, 1.807) is 0 Å². The maximum atomic E-state index is 5.05. The van der Waals surface area contributed by atoms with Gasteiger partial charge in [-0.2, -0.15) is 0 Å². The second-order valence-corrected chi connectivity index (χ2v) is 12.3. The highest BCUT2D eigenvalue weighted by molar-refractivity contribution is 7.27. The van der Waals surface area contributed by atoms with Gasteiger partial charge in [-0.3, -0.25) is 0 Å². The molecule has 0 aliphatic rings. The fraction of sp³-hybridized carbons (Fsp3) is 0. The lowest BCUT2D eigenvalue weighted by Gasteiger charge is -2.09. The van der Waals surface area contributed by atoms with E-state index >= 15 is 0 Å². The average Bonchev–Trinajstić information content (AvgIpc) is 3.51. The lowest BCUT2D eigenvalue weighted by Crippen LogP contribution is -2.00. The third-order valence-electron chi connectivity index (χ3n) is 8.51. The first kappa shape index (κ1) is 25.8. The highest BCUT2D eigenvalue weighted by atomic mass is 32.1. The largest absolute Gasteiger partial charge is 0.208 e. The SMILES string of the molecule is c1ccc(-c2ccc3c(ccc4ccc5c6cccc(-c7nc(-c8ccccc8)nc(-c8ccccc8)n7)c6sc5c43)c2)cc1. The highest BCUT2D eigenvalue weighted by Crippen LogP contribution is 2.44. The maximum absolute atomic E-state index is 5.05. The molecule has 2 heterocycles. The van der Waals surface area contributed by atoms with Crippen molar-refractivity contribution in [1.82, 2.24) is 15.0 Å². The number of benzene rings is 7. The van der Waals surface area contributed by atoms with Gasteiger partial charge >= 0.3 is 0 Å². The van der Waals surface area contributed by atoms with E-state index in [2.05, 4.69) is 91.0 Å². The molecular weight excluding hydrogens is 567 g/mol. The summed E-state index contributed by atoms with van der Waals surface area (Å²) in [6.07, 6.45) is 0. The molecule has 0 bridgehead atoms. The minimum absolute atomic E-state index is 0.670. The number of hydrogen-bond acceptors (Lipinski definition) is 4. The van der Waals surface area contributed by atoms with Gasteiger partial charge in [0.1, 0.15) is 0 Å². The van der Waals surface area contributed by atoms with E-state index in [0.29, 0.717) is 17.5 Å². The van der Waals surface area contributed by atoms with Crippen LogP contribution in [0.15, 0.2) is 152 Å². The molecule has 4 heteroatoms. The van der Waals surface area contributed by atoms with Gasteiger partial charge < -0.3 is 0 Å². The topological polar surface area (TPSA) is 38.7 Å². The van der Waals surface area contributed by atoms with E-state index in [0.717, 1.165) is 16.7 Å². The smallest absolute Gasteiger partial charge is 0.165 e. The Morgan fingerprint density at radius 3 is 1.60 bits per heavy atom. The molecule has 0 atom stereocenters. The minimum atomic E-state index is 0.670. The standard InChI is InChI=1S/C41H25N3S/c1-4-11-26(12-5-1)30-22-23-32-31(25-30)20-19-27-21-24-34-33-17-10-18-35(37(33)45-38(34)36(27)32)41-43-39(28-13-6-2-7-14-28)42-40(44-41)29-15-8-3-9-16-29/h1-25H. The molecule has 0 unspecified atom stereocenters. The van der Waals surface area contributed by atoms with Crippen LogP contribution in [-0.4, -0.2) is 15.0 Å². The van der Waals surface area contributed by atoms with Crippen molar-refractivity contribution in [3.8, 4) is 45.3 Å². The van der Waals surface area contributed by atoms with Crippen LogP contribution < -0.4 is 0 Å². The Bertz CT molecular complexity index is 2460. The molecule has 0 amide bonds. The van der Waals surface area contributed by atoms with Gasteiger partial charge in [-0.05, 0) is 39.4 Å². The predicted octanol–water partition coefficient (Wildman–Crippen LogP) is 11.2. The van der Waals surface area contributed by atoms with Gasteiger partial charge in [-0.25, -0.2) is 15.0 Å². The number of nitrogens with zero attached hydrogens (tertiary/aromatic N) is 3. The fourth-order valence-electron chi connectivity index (χ4n) is 6.32. The van der Waals surface area contributed by atoms with E-state index < -0.39 is 0 Å². The summed E-state index contributed by atoms with van der Waals surface area (Å²) in [7, 11) is 0. The lowest BCUT2D eigenvalue weighted by molar-refractivity contribution is 1.08. The zero-order valence-corrected chi connectivity index (χ0v) is 25.0.